The molecule has 1 aliphatic heterocycles. The van der Waals surface area contributed by atoms with Gasteiger partial charge in [0, 0.05) is 21.5 Å². The lowest BCUT2D eigenvalue weighted by Crippen LogP contribution is -2.31. The molecule has 1 amide bonds. The van der Waals surface area contributed by atoms with Gasteiger partial charge >= 0.3 is 0 Å². The second kappa shape index (κ2) is 6.65. The van der Waals surface area contributed by atoms with Crippen molar-refractivity contribution in [2.75, 3.05) is 4.90 Å². The fourth-order valence-electron chi connectivity index (χ4n) is 2.95. The van der Waals surface area contributed by atoms with E-state index in [0.29, 0.717) is 10.7 Å². The molecule has 0 radical (unpaired) electrons. The monoisotopic (exact) mass is 375 g/mol. The summed E-state index contributed by atoms with van der Waals surface area (Å²) in [6, 6.07) is 8.11. The summed E-state index contributed by atoms with van der Waals surface area (Å²) in [5, 5.41) is 12.9. The summed E-state index contributed by atoms with van der Waals surface area (Å²) < 4.78 is 0. The smallest absolute Gasteiger partial charge is 0.294 e. The van der Waals surface area contributed by atoms with Crippen LogP contribution in [0, 0.1) is 12.8 Å². The van der Waals surface area contributed by atoms with Crippen LogP contribution in [0.15, 0.2) is 47.0 Å². The number of aliphatic hydroxyl groups excluding tert-OH is 1. The third kappa shape index (κ3) is 2.98. The predicted molar refractivity (Wildman–Crippen MR) is 100 cm³/mol. The largest absolute Gasteiger partial charge is 0.503 e. The van der Waals surface area contributed by atoms with Crippen molar-refractivity contribution in [1.82, 2.24) is 0 Å². The molecule has 1 aromatic heterocycles. The molecular weight excluding hydrogens is 358 g/mol. The molecule has 0 saturated heterocycles. The third-order valence-electron chi connectivity index (χ3n) is 4.25. The zero-order valence-electron chi connectivity index (χ0n) is 14.1. The number of nitrogens with zero attached hydrogens (tertiary/aromatic N) is 1. The van der Waals surface area contributed by atoms with Crippen LogP contribution in [0.5, 0.6) is 0 Å². The van der Waals surface area contributed by atoms with Crippen molar-refractivity contribution in [3.8, 4) is 0 Å². The number of amides is 1. The maximum atomic E-state index is 12.8. The van der Waals surface area contributed by atoms with E-state index in [1.54, 1.807) is 38.1 Å². The Morgan fingerprint density at radius 2 is 1.88 bits per heavy atom. The molecule has 1 aliphatic rings. The second-order valence-electron chi connectivity index (χ2n) is 6.30. The van der Waals surface area contributed by atoms with Crippen molar-refractivity contribution in [3.05, 3.63) is 62.5 Å². The number of Topliss-reactive ketones (excluding diaryl/α,β-unsaturated/α-hetero) is 1. The Hall–Kier alpha value is -2.11. The van der Waals surface area contributed by atoms with Crippen LogP contribution < -0.4 is 4.90 Å². The van der Waals surface area contributed by atoms with Gasteiger partial charge in [-0.05, 0) is 48.2 Å². The van der Waals surface area contributed by atoms with Crippen molar-refractivity contribution in [1.29, 1.82) is 0 Å². The highest BCUT2D eigenvalue weighted by Gasteiger charge is 2.45. The Labute approximate surface area is 155 Å². The van der Waals surface area contributed by atoms with E-state index in [9.17, 15) is 14.7 Å². The number of hydrogen-bond donors (Lipinski definition) is 1. The molecule has 1 aromatic carbocycles. The Bertz CT molecular complexity index is 867. The van der Waals surface area contributed by atoms with Crippen LogP contribution in [0.2, 0.25) is 5.02 Å². The van der Waals surface area contributed by atoms with Crippen LogP contribution in [0.3, 0.4) is 0 Å². The van der Waals surface area contributed by atoms with Gasteiger partial charge in [-0.2, -0.15) is 0 Å². The fraction of sp³-hybridized carbons (Fsp3) is 0.263. The van der Waals surface area contributed by atoms with Crippen LogP contribution >= 0.6 is 22.9 Å². The van der Waals surface area contributed by atoms with Crippen LogP contribution in [0.4, 0.5) is 5.69 Å². The highest BCUT2D eigenvalue weighted by Crippen LogP contribution is 2.44. The maximum absolute atomic E-state index is 12.8. The quantitative estimate of drug-likeness (QED) is 0.832. The van der Waals surface area contributed by atoms with Gasteiger partial charge in [0.15, 0.2) is 11.5 Å². The molecule has 3 rings (SSSR count). The molecule has 6 heteroatoms. The summed E-state index contributed by atoms with van der Waals surface area (Å²) in [4.78, 5) is 27.9. The zero-order chi connectivity index (χ0) is 18.3. The van der Waals surface area contributed by atoms with Gasteiger partial charge in [-0.15, -0.1) is 11.3 Å². The first kappa shape index (κ1) is 17.7. The topological polar surface area (TPSA) is 57.6 Å². The van der Waals surface area contributed by atoms with Crippen molar-refractivity contribution in [2.45, 2.75) is 26.8 Å². The van der Waals surface area contributed by atoms with Gasteiger partial charge in [0.05, 0.1) is 5.57 Å². The predicted octanol–water partition coefficient (Wildman–Crippen LogP) is 4.84. The summed E-state index contributed by atoms with van der Waals surface area (Å²) in [5.41, 5.74) is 1.73. The number of carbonyl (C=O) groups excluding carboxylic acids is 2. The average molecular weight is 376 g/mol. The summed E-state index contributed by atoms with van der Waals surface area (Å²) in [5.74, 6) is -1.58. The number of rotatable bonds is 4. The molecule has 1 atom stereocenters. The van der Waals surface area contributed by atoms with Crippen molar-refractivity contribution in [3.63, 3.8) is 0 Å². The minimum Gasteiger partial charge on any atom is -0.503 e. The highest BCUT2D eigenvalue weighted by molar-refractivity contribution is 7.10. The number of aryl methyl sites for hydroxylation is 1. The van der Waals surface area contributed by atoms with E-state index in [4.69, 9.17) is 11.6 Å². The molecule has 130 valence electrons. The van der Waals surface area contributed by atoms with Crippen LogP contribution in [0.1, 0.15) is 30.3 Å². The minimum atomic E-state index is -0.622. The number of carbonyl (C=O) groups is 2. The van der Waals surface area contributed by atoms with Gasteiger partial charge in [0.2, 0.25) is 0 Å². The number of hydrogen-bond acceptors (Lipinski definition) is 4. The van der Waals surface area contributed by atoms with Crippen molar-refractivity contribution >= 4 is 40.3 Å². The van der Waals surface area contributed by atoms with Gasteiger partial charge in [-0.3, -0.25) is 14.5 Å². The lowest BCUT2D eigenvalue weighted by Gasteiger charge is -2.27. The van der Waals surface area contributed by atoms with E-state index in [1.807, 2.05) is 18.4 Å². The number of halogens is 1. The van der Waals surface area contributed by atoms with Crippen LogP contribution in [-0.2, 0) is 9.59 Å². The molecule has 2 heterocycles. The average Bonchev–Trinajstić information content (AvgIpc) is 3.10. The number of thiophene rings is 1. The third-order valence-corrected chi connectivity index (χ3v) is 5.58. The first-order chi connectivity index (χ1) is 11.8. The van der Waals surface area contributed by atoms with Crippen molar-refractivity contribution in [2.24, 2.45) is 5.92 Å². The van der Waals surface area contributed by atoms with Gasteiger partial charge in [-0.1, -0.05) is 25.4 Å². The molecule has 1 unspecified atom stereocenters. The van der Waals surface area contributed by atoms with Gasteiger partial charge < -0.3 is 5.11 Å². The molecule has 0 spiro atoms. The maximum Gasteiger partial charge on any atom is 0.294 e. The molecule has 25 heavy (non-hydrogen) atoms. The number of aliphatic hydroxyl groups is 1. The Morgan fingerprint density at radius 3 is 2.40 bits per heavy atom. The number of ketones is 1. The molecule has 0 bridgehead atoms. The van der Waals surface area contributed by atoms with E-state index >= 15 is 0 Å². The molecule has 0 fully saturated rings. The number of anilines is 1. The summed E-state index contributed by atoms with van der Waals surface area (Å²) in [7, 11) is 0. The molecule has 0 saturated carbocycles. The highest BCUT2D eigenvalue weighted by atomic mass is 35.5. The molecule has 2 aromatic rings. The second-order valence-corrected chi connectivity index (χ2v) is 7.69. The lowest BCUT2D eigenvalue weighted by molar-refractivity contribution is -0.119. The Balaban J connectivity index is 2.19. The Kier molecular flexibility index (Phi) is 4.71. The SMILES string of the molecule is Cc1ccsc1C1C(C(=O)C(C)C)=C(O)C(=O)N1c1ccc(Cl)cc1. The van der Waals surface area contributed by atoms with E-state index < -0.39 is 17.7 Å². The lowest BCUT2D eigenvalue weighted by atomic mass is 9.93. The standard InChI is InChI=1S/C19H18ClNO3S/c1-10(2)16(22)14-15(18-11(3)8-9-25-18)21(19(24)17(14)23)13-6-4-12(20)5-7-13/h4-10,15,23H,1-3H3. The van der Waals surface area contributed by atoms with E-state index in [2.05, 4.69) is 0 Å². The minimum absolute atomic E-state index is 0.167. The molecule has 1 N–H and O–H groups in total. The van der Waals surface area contributed by atoms with Gasteiger partial charge in [-0.25, -0.2) is 0 Å². The van der Waals surface area contributed by atoms with Crippen LogP contribution in [-0.4, -0.2) is 16.8 Å². The normalized spacial score (nSPS) is 17.7. The first-order valence-electron chi connectivity index (χ1n) is 7.93. The molecular formula is C19H18ClNO3S. The van der Waals surface area contributed by atoms with Gasteiger partial charge in [0.25, 0.3) is 5.91 Å². The van der Waals surface area contributed by atoms with E-state index in [0.717, 1.165) is 10.4 Å². The Morgan fingerprint density at radius 1 is 1.24 bits per heavy atom. The van der Waals surface area contributed by atoms with Crippen LogP contribution in [0.25, 0.3) is 0 Å². The molecule has 4 nitrogen and oxygen atoms in total. The summed E-state index contributed by atoms with van der Waals surface area (Å²) >= 11 is 7.42. The van der Waals surface area contributed by atoms with Crippen molar-refractivity contribution < 1.29 is 14.7 Å². The summed E-state index contributed by atoms with van der Waals surface area (Å²) in [6.45, 7) is 5.45. The first-order valence-corrected chi connectivity index (χ1v) is 9.19. The van der Waals surface area contributed by atoms with E-state index in [1.165, 1.54) is 16.2 Å². The number of benzene rings is 1. The summed E-state index contributed by atoms with van der Waals surface area (Å²) in [6.07, 6.45) is 0. The molecule has 0 aliphatic carbocycles. The van der Waals surface area contributed by atoms with E-state index in [-0.39, 0.29) is 17.3 Å². The fourth-order valence-corrected chi connectivity index (χ4v) is 4.10. The van der Waals surface area contributed by atoms with Gasteiger partial charge in [0.1, 0.15) is 6.04 Å². The zero-order valence-corrected chi connectivity index (χ0v) is 15.7.